The number of aryl methyl sites for hydroxylation is 1. The summed E-state index contributed by atoms with van der Waals surface area (Å²) >= 11 is 5.35. The first-order valence-electron chi connectivity index (χ1n) is 7.30. The van der Waals surface area contributed by atoms with Crippen LogP contribution in [0.2, 0.25) is 0 Å². The van der Waals surface area contributed by atoms with Crippen LogP contribution in [0, 0.1) is 0 Å². The summed E-state index contributed by atoms with van der Waals surface area (Å²) in [6.07, 6.45) is 2.73. The van der Waals surface area contributed by atoms with Crippen molar-refractivity contribution in [2.24, 2.45) is 0 Å². The van der Waals surface area contributed by atoms with Gasteiger partial charge in [0.1, 0.15) is 0 Å². The molecule has 5 heteroatoms. The predicted molar refractivity (Wildman–Crippen MR) is 95.0 cm³/mol. The molecule has 0 saturated heterocycles. The molecule has 0 radical (unpaired) electrons. The highest BCUT2D eigenvalue weighted by atomic mass is 32.1. The van der Waals surface area contributed by atoms with Crippen LogP contribution in [-0.2, 0) is 13.0 Å². The quantitative estimate of drug-likeness (QED) is 0.644. The van der Waals surface area contributed by atoms with Gasteiger partial charge in [-0.3, -0.25) is 0 Å². The SMILES string of the molecule is CCc1cccc(CNC(=S)Nc2ccc3nc[nH]c3c2)c1. The summed E-state index contributed by atoms with van der Waals surface area (Å²) in [5.74, 6) is 0. The number of benzene rings is 2. The average Bonchev–Trinajstić information content (AvgIpc) is 3.01. The Bertz CT molecular complexity index is 794. The molecule has 3 N–H and O–H groups in total. The van der Waals surface area contributed by atoms with Gasteiger partial charge in [0.25, 0.3) is 0 Å². The third-order valence-corrected chi connectivity index (χ3v) is 3.78. The maximum absolute atomic E-state index is 5.35. The van der Waals surface area contributed by atoms with Crippen molar-refractivity contribution in [1.29, 1.82) is 0 Å². The molecule has 0 aliphatic carbocycles. The highest BCUT2D eigenvalue weighted by Gasteiger charge is 2.01. The van der Waals surface area contributed by atoms with Crippen molar-refractivity contribution in [1.82, 2.24) is 15.3 Å². The zero-order chi connectivity index (χ0) is 15.4. The van der Waals surface area contributed by atoms with E-state index in [0.29, 0.717) is 11.7 Å². The standard InChI is InChI=1S/C17H18N4S/c1-2-12-4-3-5-13(8-12)10-18-17(22)21-14-6-7-15-16(9-14)20-11-19-15/h3-9,11H,2,10H2,1H3,(H,19,20)(H2,18,21,22). The number of rotatable bonds is 4. The third-order valence-electron chi connectivity index (χ3n) is 3.53. The van der Waals surface area contributed by atoms with E-state index < -0.39 is 0 Å². The summed E-state index contributed by atoms with van der Waals surface area (Å²) in [5.41, 5.74) is 5.44. The Kier molecular flexibility index (Phi) is 4.34. The van der Waals surface area contributed by atoms with E-state index in [2.05, 4.69) is 51.8 Å². The van der Waals surface area contributed by atoms with Crippen molar-refractivity contribution in [3.05, 3.63) is 59.9 Å². The zero-order valence-corrected chi connectivity index (χ0v) is 13.2. The summed E-state index contributed by atoms with van der Waals surface area (Å²) in [7, 11) is 0. The van der Waals surface area contributed by atoms with Gasteiger partial charge in [0.05, 0.1) is 17.4 Å². The first-order valence-corrected chi connectivity index (χ1v) is 7.71. The fourth-order valence-corrected chi connectivity index (χ4v) is 2.52. The summed E-state index contributed by atoms with van der Waals surface area (Å²) < 4.78 is 0. The van der Waals surface area contributed by atoms with E-state index in [-0.39, 0.29) is 0 Å². The largest absolute Gasteiger partial charge is 0.358 e. The maximum atomic E-state index is 5.35. The lowest BCUT2D eigenvalue weighted by Crippen LogP contribution is -2.27. The molecule has 1 aromatic heterocycles. The predicted octanol–water partition coefficient (Wildman–Crippen LogP) is 3.61. The smallest absolute Gasteiger partial charge is 0.171 e. The minimum atomic E-state index is 0.612. The van der Waals surface area contributed by atoms with E-state index in [1.54, 1.807) is 6.33 Å². The lowest BCUT2D eigenvalue weighted by atomic mass is 10.1. The highest BCUT2D eigenvalue weighted by molar-refractivity contribution is 7.80. The molecular formula is C17H18N4S. The normalized spacial score (nSPS) is 10.6. The molecule has 1 heterocycles. The first-order chi connectivity index (χ1) is 10.7. The number of thiocarbonyl (C=S) groups is 1. The lowest BCUT2D eigenvalue weighted by molar-refractivity contribution is 0.920. The van der Waals surface area contributed by atoms with Crippen molar-refractivity contribution < 1.29 is 0 Å². The molecule has 2 aromatic carbocycles. The van der Waals surface area contributed by atoms with E-state index in [1.165, 1.54) is 11.1 Å². The summed E-state index contributed by atoms with van der Waals surface area (Å²) in [4.78, 5) is 7.29. The molecule has 4 nitrogen and oxygen atoms in total. The fraction of sp³-hybridized carbons (Fsp3) is 0.176. The average molecular weight is 310 g/mol. The minimum Gasteiger partial charge on any atom is -0.358 e. The van der Waals surface area contributed by atoms with Crippen LogP contribution < -0.4 is 10.6 Å². The van der Waals surface area contributed by atoms with Gasteiger partial charge in [-0.25, -0.2) is 4.98 Å². The molecule has 0 bridgehead atoms. The van der Waals surface area contributed by atoms with Gasteiger partial charge in [0.15, 0.2) is 5.11 Å². The monoisotopic (exact) mass is 310 g/mol. The van der Waals surface area contributed by atoms with Crippen LogP contribution in [-0.4, -0.2) is 15.1 Å². The Labute approximate surface area is 135 Å². The number of hydrogen-bond acceptors (Lipinski definition) is 2. The van der Waals surface area contributed by atoms with Gasteiger partial charge in [-0.05, 0) is 48.0 Å². The van der Waals surface area contributed by atoms with Gasteiger partial charge in [-0.1, -0.05) is 31.2 Å². The molecule has 0 saturated carbocycles. The van der Waals surface area contributed by atoms with Crippen LogP contribution in [0.1, 0.15) is 18.1 Å². The zero-order valence-electron chi connectivity index (χ0n) is 12.4. The molecule has 0 unspecified atom stereocenters. The number of aromatic nitrogens is 2. The van der Waals surface area contributed by atoms with Crippen LogP contribution in [0.15, 0.2) is 48.8 Å². The molecule has 0 fully saturated rings. The minimum absolute atomic E-state index is 0.612. The highest BCUT2D eigenvalue weighted by Crippen LogP contribution is 2.15. The Morgan fingerprint density at radius 2 is 2.05 bits per heavy atom. The van der Waals surface area contributed by atoms with Gasteiger partial charge >= 0.3 is 0 Å². The van der Waals surface area contributed by atoms with E-state index in [1.807, 2.05) is 18.2 Å². The topological polar surface area (TPSA) is 52.7 Å². The van der Waals surface area contributed by atoms with Gasteiger partial charge < -0.3 is 15.6 Å². The number of fused-ring (bicyclic) bond motifs is 1. The second-order valence-corrected chi connectivity index (χ2v) is 5.52. The lowest BCUT2D eigenvalue weighted by Gasteiger charge is -2.11. The van der Waals surface area contributed by atoms with Crippen LogP contribution in [0.3, 0.4) is 0 Å². The Balaban J connectivity index is 1.59. The van der Waals surface area contributed by atoms with Crippen molar-refractivity contribution in [2.75, 3.05) is 5.32 Å². The number of aromatic amines is 1. The van der Waals surface area contributed by atoms with E-state index >= 15 is 0 Å². The first kappa shape index (κ1) is 14.5. The molecule has 0 aliphatic heterocycles. The van der Waals surface area contributed by atoms with Gasteiger partial charge in [-0.2, -0.15) is 0 Å². The number of H-pyrrole nitrogens is 1. The Morgan fingerprint density at radius 1 is 1.18 bits per heavy atom. The van der Waals surface area contributed by atoms with Crippen LogP contribution in [0.25, 0.3) is 11.0 Å². The summed E-state index contributed by atoms with van der Waals surface area (Å²) in [6.45, 7) is 2.87. The number of anilines is 1. The number of nitrogens with zero attached hydrogens (tertiary/aromatic N) is 1. The van der Waals surface area contributed by atoms with Crippen LogP contribution >= 0.6 is 12.2 Å². The molecule has 0 aliphatic rings. The molecular weight excluding hydrogens is 292 g/mol. The fourth-order valence-electron chi connectivity index (χ4n) is 2.33. The number of imidazole rings is 1. The molecule has 112 valence electrons. The van der Waals surface area contributed by atoms with Crippen molar-refractivity contribution in [2.45, 2.75) is 19.9 Å². The summed E-state index contributed by atoms with van der Waals surface area (Å²) in [6, 6.07) is 14.4. The second kappa shape index (κ2) is 6.58. The molecule has 0 atom stereocenters. The Hall–Kier alpha value is -2.40. The van der Waals surface area contributed by atoms with E-state index in [9.17, 15) is 0 Å². The van der Waals surface area contributed by atoms with Crippen LogP contribution in [0.4, 0.5) is 5.69 Å². The van der Waals surface area contributed by atoms with Crippen molar-refractivity contribution >= 4 is 34.1 Å². The summed E-state index contributed by atoms with van der Waals surface area (Å²) in [5, 5.41) is 7.04. The molecule has 22 heavy (non-hydrogen) atoms. The number of nitrogens with one attached hydrogen (secondary N) is 3. The maximum Gasteiger partial charge on any atom is 0.171 e. The van der Waals surface area contributed by atoms with Gasteiger partial charge in [0.2, 0.25) is 0 Å². The third kappa shape index (κ3) is 3.43. The molecule has 0 spiro atoms. The molecule has 3 rings (SSSR count). The van der Waals surface area contributed by atoms with Crippen molar-refractivity contribution in [3.8, 4) is 0 Å². The van der Waals surface area contributed by atoms with E-state index in [0.717, 1.165) is 23.1 Å². The van der Waals surface area contributed by atoms with Crippen molar-refractivity contribution in [3.63, 3.8) is 0 Å². The molecule has 3 aromatic rings. The van der Waals surface area contributed by atoms with Crippen LogP contribution in [0.5, 0.6) is 0 Å². The second-order valence-electron chi connectivity index (χ2n) is 5.12. The van der Waals surface area contributed by atoms with E-state index in [4.69, 9.17) is 12.2 Å². The Morgan fingerprint density at radius 3 is 2.91 bits per heavy atom. The number of hydrogen-bond donors (Lipinski definition) is 3. The van der Waals surface area contributed by atoms with Gasteiger partial charge in [0, 0.05) is 12.2 Å². The van der Waals surface area contributed by atoms with Gasteiger partial charge in [-0.15, -0.1) is 0 Å². The molecule has 0 amide bonds.